The average molecular weight is 201 g/mol. The molecule has 4 heteroatoms. The molecule has 0 aliphatic rings. The van der Waals surface area contributed by atoms with E-state index in [2.05, 4.69) is 16.7 Å². The van der Waals surface area contributed by atoms with Crippen LogP contribution in [0.5, 0.6) is 0 Å². The minimum Gasteiger partial charge on any atom is -0.399 e. The number of rotatable bonds is 2. The summed E-state index contributed by atoms with van der Waals surface area (Å²) < 4.78 is 5.02. The van der Waals surface area contributed by atoms with Crippen LogP contribution in [0.1, 0.15) is 12.8 Å². The van der Waals surface area contributed by atoms with E-state index in [-0.39, 0.29) is 0 Å². The number of hydrogen-bond acceptors (Lipinski definition) is 4. The van der Waals surface area contributed by atoms with Gasteiger partial charge in [0.05, 0.1) is 0 Å². The van der Waals surface area contributed by atoms with Crippen LogP contribution in [0.3, 0.4) is 0 Å². The Balaban J connectivity index is 2.41. The van der Waals surface area contributed by atoms with E-state index < -0.39 is 0 Å². The third kappa shape index (κ3) is 1.88. The molecule has 4 nitrogen and oxygen atoms in total. The monoisotopic (exact) mass is 201 g/mol. The van der Waals surface area contributed by atoms with E-state index in [1.54, 1.807) is 6.07 Å². The molecule has 0 spiro atoms. The first-order valence-electron chi connectivity index (χ1n) is 4.52. The number of allylic oxidation sites excluding steroid dienone is 1. The SMILES string of the molecule is C=C(C)c1nc(-c2cccc(N)c2)no1. The second kappa shape index (κ2) is 3.57. The minimum atomic E-state index is 0.451. The van der Waals surface area contributed by atoms with Crippen molar-refractivity contribution in [2.75, 3.05) is 5.73 Å². The fourth-order valence-corrected chi connectivity index (χ4v) is 1.19. The quantitative estimate of drug-likeness (QED) is 0.757. The van der Waals surface area contributed by atoms with Crippen molar-refractivity contribution < 1.29 is 4.52 Å². The lowest BCUT2D eigenvalue weighted by Gasteiger charge is -1.95. The smallest absolute Gasteiger partial charge is 0.253 e. The molecule has 1 aromatic carbocycles. The summed E-state index contributed by atoms with van der Waals surface area (Å²) in [5, 5.41) is 3.85. The van der Waals surface area contributed by atoms with Crippen LogP contribution in [0.4, 0.5) is 5.69 Å². The second-order valence-electron chi connectivity index (χ2n) is 3.33. The van der Waals surface area contributed by atoms with Crippen molar-refractivity contribution in [3.05, 3.63) is 36.7 Å². The van der Waals surface area contributed by atoms with Crippen molar-refractivity contribution in [1.29, 1.82) is 0 Å². The number of anilines is 1. The van der Waals surface area contributed by atoms with Crippen LogP contribution in [-0.2, 0) is 0 Å². The molecule has 0 atom stereocenters. The number of nitrogens with two attached hydrogens (primary N) is 1. The Labute approximate surface area is 87.4 Å². The number of aromatic nitrogens is 2. The summed E-state index contributed by atoms with van der Waals surface area (Å²) in [5.74, 6) is 0.979. The summed E-state index contributed by atoms with van der Waals surface area (Å²) in [5.41, 5.74) is 7.92. The van der Waals surface area contributed by atoms with Gasteiger partial charge in [0.2, 0.25) is 5.82 Å². The minimum absolute atomic E-state index is 0.451. The zero-order valence-corrected chi connectivity index (χ0v) is 8.40. The highest BCUT2D eigenvalue weighted by molar-refractivity contribution is 5.62. The lowest BCUT2D eigenvalue weighted by molar-refractivity contribution is 0.408. The normalized spacial score (nSPS) is 10.2. The van der Waals surface area contributed by atoms with Crippen molar-refractivity contribution in [3.63, 3.8) is 0 Å². The van der Waals surface area contributed by atoms with E-state index in [1.807, 2.05) is 25.1 Å². The van der Waals surface area contributed by atoms with Gasteiger partial charge >= 0.3 is 0 Å². The Morgan fingerprint density at radius 2 is 2.27 bits per heavy atom. The maximum atomic E-state index is 5.66. The van der Waals surface area contributed by atoms with Crippen LogP contribution < -0.4 is 5.73 Å². The fourth-order valence-electron chi connectivity index (χ4n) is 1.19. The molecule has 0 saturated carbocycles. The molecule has 0 aliphatic heterocycles. The molecule has 2 N–H and O–H groups in total. The second-order valence-corrected chi connectivity index (χ2v) is 3.33. The molecule has 2 aromatic rings. The van der Waals surface area contributed by atoms with Crippen LogP contribution in [0, 0.1) is 0 Å². The molecule has 0 saturated heterocycles. The van der Waals surface area contributed by atoms with Crippen LogP contribution in [0.25, 0.3) is 17.0 Å². The van der Waals surface area contributed by atoms with Gasteiger partial charge in [-0.1, -0.05) is 23.9 Å². The van der Waals surface area contributed by atoms with Crippen molar-refractivity contribution in [1.82, 2.24) is 10.1 Å². The molecule has 0 bridgehead atoms. The number of nitrogen functional groups attached to an aromatic ring is 1. The third-order valence-electron chi connectivity index (χ3n) is 1.94. The molecule has 0 radical (unpaired) electrons. The largest absolute Gasteiger partial charge is 0.399 e. The van der Waals surface area contributed by atoms with E-state index in [0.29, 0.717) is 17.4 Å². The summed E-state index contributed by atoms with van der Waals surface area (Å²) in [7, 11) is 0. The molecule has 1 aromatic heterocycles. The standard InChI is InChI=1S/C11H11N3O/c1-7(2)11-13-10(14-15-11)8-4-3-5-9(12)6-8/h3-6H,1,12H2,2H3. The van der Waals surface area contributed by atoms with Gasteiger partial charge in [-0.25, -0.2) is 0 Å². The van der Waals surface area contributed by atoms with Gasteiger partial charge in [0, 0.05) is 16.8 Å². The third-order valence-corrected chi connectivity index (χ3v) is 1.94. The van der Waals surface area contributed by atoms with Gasteiger partial charge in [-0.3, -0.25) is 0 Å². The lowest BCUT2D eigenvalue weighted by Crippen LogP contribution is -1.86. The van der Waals surface area contributed by atoms with E-state index in [4.69, 9.17) is 10.3 Å². The van der Waals surface area contributed by atoms with Crippen LogP contribution in [-0.4, -0.2) is 10.1 Å². The van der Waals surface area contributed by atoms with E-state index >= 15 is 0 Å². The predicted octanol–water partition coefficient (Wildman–Crippen LogP) is 2.35. The number of nitrogens with zero attached hydrogens (tertiary/aromatic N) is 2. The van der Waals surface area contributed by atoms with Gasteiger partial charge in [0.25, 0.3) is 5.89 Å². The lowest BCUT2D eigenvalue weighted by atomic mass is 10.2. The first kappa shape index (κ1) is 9.45. The van der Waals surface area contributed by atoms with Crippen molar-refractivity contribution in [2.24, 2.45) is 0 Å². The molecule has 1 heterocycles. The Bertz CT molecular complexity index is 502. The zero-order valence-electron chi connectivity index (χ0n) is 8.40. The highest BCUT2D eigenvalue weighted by Gasteiger charge is 2.08. The number of benzene rings is 1. The molecule has 76 valence electrons. The molecular formula is C11H11N3O. The maximum Gasteiger partial charge on any atom is 0.253 e. The average Bonchev–Trinajstić information content (AvgIpc) is 2.66. The van der Waals surface area contributed by atoms with E-state index in [1.165, 1.54) is 0 Å². The number of hydrogen-bond donors (Lipinski definition) is 1. The highest BCUT2D eigenvalue weighted by Crippen LogP contribution is 2.19. The Morgan fingerprint density at radius 1 is 1.47 bits per heavy atom. The molecule has 0 unspecified atom stereocenters. The fraction of sp³-hybridized carbons (Fsp3) is 0.0909. The van der Waals surface area contributed by atoms with Crippen LogP contribution >= 0.6 is 0 Å². The van der Waals surface area contributed by atoms with Gasteiger partial charge in [0.1, 0.15) is 0 Å². The van der Waals surface area contributed by atoms with Crippen LogP contribution in [0.15, 0.2) is 35.4 Å². The molecule has 2 rings (SSSR count). The van der Waals surface area contributed by atoms with E-state index in [9.17, 15) is 0 Å². The summed E-state index contributed by atoms with van der Waals surface area (Å²) in [4.78, 5) is 4.19. The van der Waals surface area contributed by atoms with Crippen molar-refractivity contribution in [2.45, 2.75) is 6.92 Å². The summed E-state index contributed by atoms with van der Waals surface area (Å²) in [6.45, 7) is 5.55. The molecule has 0 fully saturated rings. The predicted molar refractivity (Wildman–Crippen MR) is 58.9 cm³/mol. The van der Waals surface area contributed by atoms with Gasteiger partial charge in [-0.05, 0) is 19.1 Å². The first-order chi connectivity index (χ1) is 7.16. The molecule has 0 amide bonds. The Hall–Kier alpha value is -2.10. The molecule has 15 heavy (non-hydrogen) atoms. The van der Waals surface area contributed by atoms with Gasteiger partial charge in [-0.2, -0.15) is 4.98 Å². The Kier molecular flexibility index (Phi) is 2.25. The summed E-state index contributed by atoms with van der Waals surface area (Å²) >= 11 is 0. The first-order valence-corrected chi connectivity index (χ1v) is 4.52. The van der Waals surface area contributed by atoms with Gasteiger partial charge < -0.3 is 10.3 Å². The van der Waals surface area contributed by atoms with Gasteiger partial charge in [-0.15, -0.1) is 0 Å². The zero-order chi connectivity index (χ0) is 10.8. The van der Waals surface area contributed by atoms with Crippen LogP contribution in [0.2, 0.25) is 0 Å². The summed E-state index contributed by atoms with van der Waals surface area (Å²) in [6.07, 6.45) is 0. The molecule has 0 aliphatic carbocycles. The molecular weight excluding hydrogens is 190 g/mol. The maximum absolute atomic E-state index is 5.66. The van der Waals surface area contributed by atoms with Gasteiger partial charge in [0.15, 0.2) is 0 Å². The Morgan fingerprint density at radius 3 is 2.87 bits per heavy atom. The van der Waals surface area contributed by atoms with Crippen molar-refractivity contribution in [3.8, 4) is 11.4 Å². The van der Waals surface area contributed by atoms with Crippen molar-refractivity contribution >= 4 is 11.3 Å². The van der Waals surface area contributed by atoms with E-state index in [0.717, 1.165) is 11.1 Å². The summed E-state index contributed by atoms with van der Waals surface area (Å²) in [6, 6.07) is 7.33. The topological polar surface area (TPSA) is 64.9 Å². The highest BCUT2D eigenvalue weighted by atomic mass is 16.5.